The van der Waals surface area contributed by atoms with Crippen LogP contribution in [0.15, 0.2) is 33.9 Å². The van der Waals surface area contributed by atoms with E-state index in [1.807, 2.05) is 19.1 Å². The van der Waals surface area contributed by atoms with Crippen LogP contribution in [0.25, 0.3) is 5.69 Å². The van der Waals surface area contributed by atoms with Crippen molar-refractivity contribution >= 4 is 11.6 Å². The van der Waals surface area contributed by atoms with Crippen LogP contribution in [0.4, 0.5) is 0 Å². The van der Waals surface area contributed by atoms with Gasteiger partial charge in [0.2, 0.25) is 0 Å². The molecule has 4 nitrogen and oxygen atoms in total. The minimum atomic E-state index is -0.528. The largest absolute Gasteiger partial charge is 0.334 e. The Morgan fingerprint density at radius 2 is 1.82 bits per heavy atom. The summed E-state index contributed by atoms with van der Waals surface area (Å²) in [5, 5.41) is 0.0878. The van der Waals surface area contributed by atoms with E-state index in [-0.39, 0.29) is 5.15 Å². The molecule has 0 saturated carbocycles. The first-order valence-corrected chi connectivity index (χ1v) is 5.47. The molecule has 1 N–H and O–H groups in total. The van der Waals surface area contributed by atoms with Gasteiger partial charge in [0.1, 0.15) is 5.15 Å². The van der Waals surface area contributed by atoms with Gasteiger partial charge in [0, 0.05) is 0 Å². The molecule has 2 rings (SSSR count). The number of hydrogen-bond donors (Lipinski definition) is 1. The van der Waals surface area contributed by atoms with Gasteiger partial charge < -0.3 is 0 Å². The van der Waals surface area contributed by atoms with Gasteiger partial charge in [-0.3, -0.25) is 9.78 Å². The van der Waals surface area contributed by atoms with Crippen LogP contribution >= 0.6 is 11.6 Å². The predicted octanol–water partition coefficient (Wildman–Crippen LogP) is 1.80. The van der Waals surface area contributed by atoms with Crippen LogP contribution in [0.3, 0.4) is 0 Å². The summed E-state index contributed by atoms with van der Waals surface area (Å²) in [4.78, 5) is 26.3. The lowest BCUT2D eigenvalue weighted by molar-refractivity contribution is 0.854. The summed E-state index contributed by atoms with van der Waals surface area (Å²) >= 11 is 5.75. The summed E-state index contributed by atoms with van der Waals surface area (Å²) in [5.74, 6) is 0. The van der Waals surface area contributed by atoms with Crippen LogP contribution in [0.2, 0.25) is 5.15 Å². The highest BCUT2D eigenvalue weighted by Crippen LogP contribution is 2.10. The van der Waals surface area contributed by atoms with Gasteiger partial charge in [-0.2, -0.15) is 0 Å². The van der Waals surface area contributed by atoms with E-state index in [9.17, 15) is 9.59 Å². The van der Waals surface area contributed by atoms with Gasteiger partial charge in [0.05, 0.1) is 11.3 Å². The second-order valence-corrected chi connectivity index (χ2v) is 4.17. The molecule has 0 saturated heterocycles. The van der Waals surface area contributed by atoms with Crippen LogP contribution in [0, 0.1) is 13.8 Å². The first-order valence-electron chi connectivity index (χ1n) is 5.10. The highest BCUT2D eigenvalue weighted by molar-refractivity contribution is 6.30. The normalized spacial score (nSPS) is 10.5. The molecule has 0 atom stereocenters. The van der Waals surface area contributed by atoms with Gasteiger partial charge in [-0.15, -0.1) is 0 Å². The lowest BCUT2D eigenvalue weighted by Gasteiger charge is -2.08. The van der Waals surface area contributed by atoms with E-state index >= 15 is 0 Å². The second-order valence-electron chi connectivity index (χ2n) is 3.80. The molecule has 0 fully saturated rings. The SMILES string of the molecule is Cc1ccccc1-n1c(=O)[nH]c(Cl)c(C)c1=O. The quantitative estimate of drug-likeness (QED) is 0.785. The number of aromatic nitrogens is 2. The maximum absolute atomic E-state index is 12.0. The first-order chi connectivity index (χ1) is 8.02. The maximum Gasteiger partial charge on any atom is 0.334 e. The number of rotatable bonds is 1. The van der Waals surface area contributed by atoms with E-state index < -0.39 is 11.2 Å². The molecule has 1 aromatic carbocycles. The van der Waals surface area contributed by atoms with Gasteiger partial charge in [-0.1, -0.05) is 29.8 Å². The molecule has 0 radical (unpaired) electrons. The molecule has 0 aliphatic carbocycles. The fourth-order valence-corrected chi connectivity index (χ4v) is 1.79. The third-order valence-corrected chi connectivity index (χ3v) is 3.01. The number of nitrogens with one attached hydrogen (secondary N) is 1. The second kappa shape index (κ2) is 4.22. The van der Waals surface area contributed by atoms with Gasteiger partial charge in [0.15, 0.2) is 0 Å². The van der Waals surface area contributed by atoms with Crippen molar-refractivity contribution in [2.75, 3.05) is 0 Å². The number of hydrogen-bond acceptors (Lipinski definition) is 2. The molecule has 0 aliphatic rings. The molecule has 0 aliphatic heterocycles. The third-order valence-electron chi connectivity index (χ3n) is 2.63. The van der Waals surface area contributed by atoms with Crippen molar-refractivity contribution in [3.8, 4) is 5.69 Å². The molecule has 0 bridgehead atoms. The van der Waals surface area contributed by atoms with Crippen LogP contribution in [-0.4, -0.2) is 9.55 Å². The Hall–Kier alpha value is -1.81. The van der Waals surface area contributed by atoms with Crippen LogP contribution in [-0.2, 0) is 0 Å². The summed E-state index contributed by atoms with van der Waals surface area (Å²) < 4.78 is 1.09. The van der Waals surface area contributed by atoms with Crippen molar-refractivity contribution in [3.63, 3.8) is 0 Å². The van der Waals surface area contributed by atoms with E-state index in [0.29, 0.717) is 11.3 Å². The third kappa shape index (κ3) is 1.91. The Balaban J connectivity index is 2.87. The number of aryl methyl sites for hydroxylation is 1. The van der Waals surface area contributed by atoms with Crippen LogP contribution in [0.5, 0.6) is 0 Å². The number of H-pyrrole nitrogens is 1. The van der Waals surface area contributed by atoms with E-state index in [4.69, 9.17) is 11.6 Å². The Morgan fingerprint density at radius 1 is 1.18 bits per heavy atom. The Bertz CT molecular complexity index is 686. The fraction of sp³-hybridized carbons (Fsp3) is 0.167. The zero-order valence-electron chi connectivity index (χ0n) is 9.45. The topological polar surface area (TPSA) is 54.9 Å². The molecule has 2 aromatic rings. The minimum Gasteiger partial charge on any atom is -0.297 e. The highest BCUT2D eigenvalue weighted by atomic mass is 35.5. The summed E-state index contributed by atoms with van der Waals surface area (Å²) in [6, 6.07) is 7.18. The number of nitrogens with zero attached hydrogens (tertiary/aromatic N) is 1. The number of aromatic amines is 1. The van der Waals surface area contributed by atoms with Crippen molar-refractivity contribution in [3.05, 3.63) is 61.4 Å². The van der Waals surface area contributed by atoms with Crippen molar-refractivity contribution in [2.24, 2.45) is 0 Å². The van der Waals surface area contributed by atoms with E-state index in [2.05, 4.69) is 4.98 Å². The van der Waals surface area contributed by atoms with E-state index in [1.54, 1.807) is 19.1 Å². The Morgan fingerprint density at radius 3 is 2.47 bits per heavy atom. The van der Waals surface area contributed by atoms with E-state index in [0.717, 1.165) is 10.1 Å². The summed E-state index contributed by atoms with van der Waals surface area (Å²) in [7, 11) is 0. The van der Waals surface area contributed by atoms with Crippen molar-refractivity contribution in [1.29, 1.82) is 0 Å². The molecule has 88 valence electrons. The molecule has 5 heteroatoms. The highest BCUT2D eigenvalue weighted by Gasteiger charge is 2.11. The molecule has 1 heterocycles. The van der Waals surface area contributed by atoms with Crippen LogP contribution in [0.1, 0.15) is 11.1 Å². The summed E-state index contributed by atoms with van der Waals surface area (Å²) in [6.07, 6.45) is 0. The number of halogens is 1. The van der Waals surface area contributed by atoms with Gasteiger partial charge in [-0.05, 0) is 25.5 Å². The Kier molecular flexibility index (Phi) is 2.90. The molecule has 0 amide bonds. The maximum atomic E-state index is 12.0. The average molecular weight is 251 g/mol. The Labute approximate surface area is 102 Å². The molecule has 0 unspecified atom stereocenters. The standard InChI is InChI=1S/C12H11ClN2O2/c1-7-5-3-4-6-9(7)15-11(16)8(2)10(13)14-12(15)17/h3-6H,1-2H3,(H,14,17). The lowest BCUT2D eigenvalue weighted by Crippen LogP contribution is -2.35. The van der Waals surface area contributed by atoms with Crippen molar-refractivity contribution in [2.45, 2.75) is 13.8 Å². The van der Waals surface area contributed by atoms with E-state index in [1.165, 1.54) is 0 Å². The predicted molar refractivity (Wildman–Crippen MR) is 67.1 cm³/mol. The van der Waals surface area contributed by atoms with Gasteiger partial charge in [-0.25, -0.2) is 9.36 Å². The number of para-hydroxylation sites is 1. The monoisotopic (exact) mass is 250 g/mol. The van der Waals surface area contributed by atoms with Crippen LogP contribution < -0.4 is 11.2 Å². The summed E-state index contributed by atoms with van der Waals surface area (Å²) in [5.41, 5.74) is 0.822. The zero-order valence-corrected chi connectivity index (χ0v) is 10.2. The lowest BCUT2D eigenvalue weighted by atomic mass is 10.2. The summed E-state index contributed by atoms with van der Waals surface area (Å²) in [6.45, 7) is 3.42. The van der Waals surface area contributed by atoms with Gasteiger partial charge in [0.25, 0.3) is 5.56 Å². The average Bonchev–Trinajstić information content (AvgIpc) is 2.29. The first kappa shape index (κ1) is 11.7. The van der Waals surface area contributed by atoms with Gasteiger partial charge >= 0.3 is 5.69 Å². The molecular weight excluding hydrogens is 240 g/mol. The number of benzene rings is 1. The molecule has 0 spiro atoms. The molecular formula is C12H11ClN2O2. The molecule has 1 aromatic heterocycles. The smallest absolute Gasteiger partial charge is 0.297 e. The fourth-order valence-electron chi connectivity index (χ4n) is 1.63. The minimum absolute atomic E-state index is 0.0878. The zero-order chi connectivity index (χ0) is 12.6. The molecule has 17 heavy (non-hydrogen) atoms. The van der Waals surface area contributed by atoms with Crippen molar-refractivity contribution < 1.29 is 0 Å². The van der Waals surface area contributed by atoms with Crippen molar-refractivity contribution in [1.82, 2.24) is 9.55 Å².